The number of rotatable bonds is 0. The summed E-state index contributed by atoms with van der Waals surface area (Å²) in [4.78, 5) is 0. The van der Waals surface area contributed by atoms with Gasteiger partial charge in [0.1, 0.15) is 0 Å². The predicted octanol–water partition coefficient (Wildman–Crippen LogP) is 8.38. The molecule has 0 fully saturated rings. The minimum Gasteiger partial charge on any atom is -0.0795 e. The van der Waals surface area contributed by atoms with Gasteiger partial charge in [-0.1, -0.05) is 64.1 Å². The second kappa shape index (κ2) is 7.96. The Bertz CT molecular complexity index is 1140. The average Bonchev–Trinajstić information content (AvgIpc) is 3.20. The van der Waals surface area contributed by atoms with Gasteiger partial charge in [-0.05, 0) is 99.1 Å². The maximum absolute atomic E-state index is 2.40. The van der Waals surface area contributed by atoms with Gasteiger partial charge in [0.15, 0.2) is 0 Å². The standard InChI is InChI=1S/C23H18.2C2H6/c1-14-20-10-16-6-3-4-7-17(16)11-21(20)15(2)23-13-19-9-5-8-18(19)12-22(14)23;2*1-2/h3-8,10-13H,9H2,1-2H3;2*1-2H3. The van der Waals surface area contributed by atoms with E-state index in [0.717, 1.165) is 6.42 Å². The van der Waals surface area contributed by atoms with Crippen LogP contribution >= 0.6 is 0 Å². The molecule has 0 saturated carbocycles. The van der Waals surface area contributed by atoms with E-state index in [9.17, 15) is 0 Å². The molecule has 0 aliphatic heterocycles. The van der Waals surface area contributed by atoms with Gasteiger partial charge in [-0.25, -0.2) is 0 Å². The third-order valence-electron chi connectivity index (χ3n) is 5.42. The molecule has 0 aromatic heterocycles. The molecule has 0 amide bonds. The average molecular weight is 355 g/mol. The molecule has 0 radical (unpaired) electrons. The van der Waals surface area contributed by atoms with Crippen LogP contribution in [0.5, 0.6) is 0 Å². The fraction of sp³-hybridized carbons (Fsp3) is 0.259. The first kappa shape index (κ1) is 19.2. The summed E-state index contributed by atoms with van der Waals surface area (Å²) in [5.41, 5.74) is 5.65. The van der Waals surface area contributed by atoms with E-state index in [1.165, 1.54) is 54.6 Å². The van der Waals surface area contributed by atoms with E-state index >= 15 is 0 Å². The van der Waals surface area contributed by atoms with Gasteiger partial charge in [0, 0.05) is 0 Å². The molecule has 0 atom stereocenters. The zero-order valence-corrected chi connectivity index (χ0v) is 17.5. The lowest BCUT2D eigenvalue weighted by Crippen LogP contribution is -1.91. The normalized spacial score (nSPS) is 11.8. The summed E-state index contributed by atoms with van der Waals surface area (Å²) in [7, 11) is 0. The van der Waals surface area contributed by atoms with Crippen molar-refractivity contribution in [2.45, 2.75) is 48.0 Å². The van der Waals surface area contributed by atoms with Gasteiger partial charge >= 0.3 is 0 Å². The Kier molecular flexibility index (Phi) is 5.65. The molecule has 0 unspecified atom stereocenters. The van der Waals surface area contributed by atoms with Crippen LogP contribution in [0.4, 0.5) is 0 Å². The summed E-state index contributed by atoms with van der Waals surface area (Å²) in [6, 6.07) is 18.2. The summed E-state index contributed by atoms with van der Waals surface area (Å²) >= 11 is 0. The highest BCUT2D eigenvalue weighted by molar-refractivity contribution is 6.10. The summed E-state index contributed by atoms with van der Waals surface area (Å²) in [6.45, 7) is 12.5. The number of hydrogen-bond acceptors (Lipinski definition) is 0. The molecule has 0 nitrogen and oxygen atoms in total. The number of benzene rings is 4. The summed E-state index contributed by atoms with van der Waals surface area (Å²) in [5, 5.41) is 8.23. The Labute approximate surface area is 163 Å². The highest BCUT2D eigenvalue weighted by Crippen LogP contribution is 2.37. The van der Waals surface area contributed by atoms with Crippen molar-refractivity contribution < 1.29 is 0 Å². The lowest BCUT2D eigenvalue weighted by molar-refractivity contribution is 1.32. The first-order chi connectivity index (χ1) is 13.2. The van der Waals surface area contributed by atoms with Crippen molar-refractivity contribution in [3.05, 3.63) is 76.9 Å². The van der Waals surface area contributed by atoms with E-state index in [4.69, 9.17) is 0 Å². The molecule has 5 rings (SSSR count). The number of allylic oxidation sites excluding steroid dienone is 1. The zero-order valence-electron chi connectivity index (χ0n) is 17.5. The van der Waals surface area contributed by atoms with E-state index in [0.29, 0.717) is 0 Å². The van der Waals surface area contributed by atoms with Gasteiger partial charge in [0.05, 0.1) is 0 Å². The molecule has 4 aromatic carbocycles. The highest BCUT2D eigenvalue weighted by atomic mass is 14.2. The maximum Gasteiger partial charge on any atom is -0.00879 e. The molecule has 0 spiro atoms. The topological polar surface area (TPSA) is 0 Å². The van der Waals surface area contributed by atoms with Gasteiger partial charge in [0.25, 0.3) is 0 Å². The summed E-state index contributed by atoms with van der Waals surface area (Å²) in [6.07, 6.45) is 5.59. The molecule has 0 N–H and O–H groups in total. The van der Waals surface area contributed by atoms with E-state index in [2.05, 4.69) is 74.5 Å². The first-order valence-corrected chi connectivity index (χ1v) is 10.3. The Morgan fingerprint density at radius 3 is 1.67 bits per heavy atom. The lowest BCUT2D eigenvalue weighted by Gasteiger charge is -2.15. The largest absolute Gasteiger partial charge is 0.0795 e. The Balaban J connectivity index is 0.000000495. The molecular weight excluding hydrogens is 324 g/mol. The van der Waals surface area contributed by atoms with Crippen LogP contribution in [-0.2, 0) is 6.42 Å². The van der Waals surface area contributed by atoms with E-state index in [1.807, 2.05) is 27.7 Å². The van der Waals surface area contributed by atoms with Crippen LogP contribution in [0.15, 0.2) is 54.6 Å². The third kappa shape index (κ3) is 3.14. The third-order valence-corrected chi connectivity index (χ3v) is 5.42. The summed E-state index contributed by atoms with van der Waals surface area (Å²) < 4.78 is 0. The van der Waals surface area contributed by atoms with Crippen LogP contribution in [0.3, 0.4) is 0 Å². The van der Waals surface area contributed by atoms with Crippen molar-refractivity contribution in [2.75, 3.05) is 0 Å². The molecule has 4 aromatic rings. The smallest absolute Gasteiger partial charge is 0.00879 e. The van der Waals surface area contributed by atoms with Gasteiger partial charge in [-0.3, -0.25) is 0 Å². The molecule has 1 aliphatic carbocycles. The van der Waals surface area contributed by atoms with E-state index in [-0.39, 0.29) is 0 Å². The van der Waals surface area contributed by atoms with Gasteiger partial charge in [0.2, 0.25) is 0 Å². The molecule has 0 saturated heterocycles. The van der Waals surface area contributed by atoms with E-state index < -0.39 is 0 Å². The molecule has 27 heavy (non-hydrogen) atoms. The molecule has 0 heterocycles. The predicted molar refractivity (Wildman–Crippen MR) is 124 cm³/mol. The molecular formula is C27H30. The second-order valence-corrected chi connectivity index (χ2v) is 6.70. The monoisotopic (exact) mass is 354 g/mol. The lowest BCUT2D eigenvalue weighted by atomic mass is 9.89. The van der Waals surface area contributed by atoms with Gasteiger partial charge in [-0.15, -0.1) is 0 Å². The molecule has 0 bridgehead atoms. The van der Waals surface area contributed by atoms with Crippen LogP contribution in [0.25, 0.3) is 38.4 Å². The number of hydrogen-bond donors (Lipinski definition) is 0. The second-order valence-electron chi connectivity index (χ2n) is 6.70. The highest BCUT2D eigenvalue weighted by Gasteiger charge is 2.13. The van der Waals surface area contributed by atoms with Gasteiger partial charge in [-0.2, -0.15) is 0 Å². The molecule has 0 heteroatoms. The SMILES string of the molecule is CC.CC.Cc1c2cc3c(cc2c(C)c2cc4ccccc4cc12)CC=C3. The Morgan fingerprint density at radius 1 is 0.630 bits per heavy atom. The van der Waals surface area contributed by atoms with Crippen LogP contribution in [0, 0.1) is 13.8 Å². The summed E-state index contributed by atoms with van der Waals surface area (Å²) in [5.74, 6) is 0. The van der Waals surface area contributed by atoms with Crippen LogP contribution in [0.1, 0.15) is 49.9 Å². The van der Waals surface area contributed by atoms with Crippen LogP contribution in [0.2, 0.25) is 0 Å². The first-order valence-electron chi connectivity index (χ1n) is 10.3. The van der Waals surface area contributed by atoms with Crippen molar-refractivity contribution in [1.82, 2.24) is 0 Å². The van der Waals surface area contributed by atoms with Crippen molar-refractivity contribution in [1.29, 1.82) is 0 Å². The van der Waals surface area contributed by atoms with Crippen molar-refractivity contribution in [2.24, 2.45) is 0 Å². The number of fused-ring (bicyclic) bond motifs is 4. The zero-order chi connectivity index (χ0) is 19.6. The van der Waals surface area contributed by atoms with Gasteiger partial charge < -0.3 is 0 Å². The fourth-order valence-electron chi connectivity index (χ4n) is 4.08. The fourth-order valence-corrected chi connectivity index (χ4v) is 4.08. The van der Waals surface area contributed by atoms with Crippen molar-refractivity contribution >= 4 is 38.4 Å². The van der Waals surface area contributed by atoms with Crippen molar-refractivity contribution in [3.63, 3.8) is 0 Å². The van der Waals surface area contributed by atoms with Crippen molar-refractivity contribution in [3.8, 4) is 0 Å². The Hall–Kier alpha value is -2.60. The maximum atomic E-state index is 2.40. The quantitative estimate of drug-likeness (QED) is 0.278. The molecule has 1 aliphatic rings. The van der Waals surface area contributed by atoms with E-state index in [1.54, 1.807) is 0 Å². The Morgan fingerprint density at radius 2 is 1.11 bits per heavy atom. The van der Waals surface area contributed by atoms with Crippen LogP contribution in [-0.4, -0.2) is 0 Å². The van der Waals surface area contributed by atoms with Crippen LogP contribution < -0.4 is 0 Å². The molecule has 138 valence electrons. The number of aryl methyl sites for hydroxylation is 2. The minimum absolute atomic E-state index is 1.07. The minimum atomic E-state index is 1.07.